The number of nitrogens with zero attached hydrogens (tertiary/aromatic N) is 7. The van der Waals surface area contributed by atoms with Crippen LogP contribution in [0.3, 0.4) is 0 Å². The summed E-state index contributed by atoms with van der Waals surface area (Å²) in [6.45, 7) is 1.97. The first-order chi connectivity index (χ1) is 15.7. The van der Waals surface area contributed by atoms with Crippen molar-refractivity contribution in [3.63, 3.8) is 0 Å². The topological polar surface area (TPSA) is 111 Å². The van der Waals surface area contributed by atoms with Gasteiger partial charge in [-0.2, -0.15) is 5.10 Å². The number of amides is 1. The highest BCUT2D eigenvalue weighted by Crippen LogP contribution is 2.23. The number of hydrogen-bond acceptors (Lipinski definition) is 7. The van der Waals surface area contributed by atoms with Crippen LogP contribution in [0.2, 0.25) is 0 Å². The summed E-state index contributed by atoms with van der Waals surface area (Å²) in [6.07, 6.45) is 11.8. The van der Waals surface area contributed by atoms with Gasteiger partial charge in [-0.25, -0.2) is 14.6 Å². The van der Waals surface area contributed by atoms with Crippen molar-refractivity contribution in [2.75, 3.05) is 5.32 Å². The Morgan fingerprint density at radius 3 is 2.56 bits per heavy atom. The quantitative estimate of drug-likeness (QED) is 0.462. The molecule has 5 aromatic heterocycles. The lowest BCUT2D eigenvalue weighted by Crippen LogP contribution is -2.20. The summed E-state index contributed by atoms with van der Waals surface area (Å²) >= 11 is 0. The van der Waals surface area contributed by atoms with Crippen LogP contribution in [0.1, 0.15) is 5.69 Å². The Hall–Kier alpha value is -4.53. The molecule has 0 unspecified atom stereocenters. The number of fused-ring (bicyclic) bond motifs is 1. The summed E-state index contributed by atoms with van der Waals surface area (Å²) in [5, 5.41) is 7.97. The molecule has 0 atom stereocenters. The Kier molecular flexibility index (Phi) is 5.04. The van der Waals surface area contributed by atoms with Gasteiger partial charge in [0.2, 0.25) is 5.91 Å². The maximum absolute atomic E-state index is 12.5. The van der Waals surface area contributed by atoms with Crippen molar-refractivity contribution in [1.82, 2.24) is 34.7 Å². The molecule has 0 aliphatic carbocycles. The van der Waals surface area contributed by atoms with Gasteiger partial charge in [0.1, 0.15) is 12.4 Å². The lowest BCUT2D eigenvalue weighted by Gasteiger charge is -2.07. The van der Waals surface area contributed by atoms with Gasteiger partial charge in [-0.15, -0.1) is 0 Å². The molecular weight excluding hydrogens is 404 g/mol. The number of rotatable bonds is 5. The first kappa shape index (κ1) is 19.4. The van der Waals surface area contributed by atoms with Crippen molar-refractivity contribution >= 4 is 22.8 Å². The van der Waals surface area contributed by atoms with Crippen molar-refractivity contribution in [2.45, 2.75) is 13.5 Å². The maximum atomic E-state index is 12.5. The fourth-order valence-corrected chi connectivity index (χ4v) is 3.36. The average Bonchev–Trinajstić information content (AvgIpc) is 3.22. The second-order valence-corrected chi connectivity index (χ2v) is 7.20. The van der Waals surface area contributed by atoms with Gasteiger partial charge < -0.3 is 5.32 Å². The summed E-state index contributed by atoms with van der Waals surface area (Å²) in [7, 11) is 0. The van der Waals surface area contributed by atoms with Crippen LogP contribution in [-0.4, -0.2) is 40.6 Å². The number of hydrogen-bond donors (Lipinski definition) is 1. The van der Waals surface area contributed by atoms with E-state index in [0.29, 0.717) is 17.2 Å². The molecule has 9 heteroatoms. The molecule has 156 valence electrons. The van der Waals surface area contributed by atoms with E-state index in [-0.39, 0.29) is 12.5 Å². The lowest BCUT2D eigenvalue weighted by molar-refractivity contribution is -0.116. The second-order valence-electron chi connectivity index (χ2n) is 7.20. The molecule has 9 nitrogen and oxygen atoms in total. The van der Waals surface area contributed by atoms with Crippen LogP contribution in [0.25, 0.3) is 33.4 Å². The highest BCUT2D eigenvalue weighted by molar-refractivity contribution is 5.91. The molecule has 0 aliphatic heterocycles. The van der Waals surface area contributed by atoms with E-state index < -0.39 is 0 Å². The van der Waals surface area contributed by atoms with E-state index in [1.54, 1.807) is 54.1 Å². The third-order valence-electron chi connectivity index (χ3n) is 4.89. The van der Waals surface area contributed by atoms with Gasteiger partial charge in [0.05, 0.1) is 18.1 Å². The molecule has 5 aromatic rings. The van der Waals surface area contributed by atoms with E-state index >= 15 is 0 Å². The lowest BCUT2D eigenvalue weighted by atomic mass is 10.1. The first-order valence-corrected chi connectivity index (χ1v) is 9.92. The number of aromatic nitrogens is 7. The largest absolute Gasteiger partial charge is 0.309 e. The monoisotopic (exact) mass is 422 g/mol. The van der Waals surface area contributed by atoms with Gasteiger partial charge in [-0.05, 0) is 42.8 Å². The van der Waals surface area contributed by atoms with Crippen LogP contribution in [0.5, 0.6) is 0 Å². The standard InChI is InChI=1S/C23H18N8O/c1-15-8-16(4-5-25-15)18-9-19-12-29-31(23(19)28-11-18)14-22(32)30-21-3-2-17(10-27-21)20-13-24-6-7-26-20/h2-13H,14H2,1H3,(H,27,30,32). The van der Waals surface area contributed by atoms with Gasteiger partial charge >= 0.3 is 0 Å². The molecule has 1 amide bonds. The molecule has 0 aliphatic rings. The molecule has 1 N–H and O–H groups in total. The highest BCUT2D eigenvalue weighted by atomic mass is 16.2. The third-order valence-corrected chi connectivity index (χ3v) is 4.89. The predicted octanol–water partition coefficient (Wildman–Crippen LogP) is 3.29. The first-order valence-electron chi connectivity index (χ1n) is 9.92. The fourth-order valence-electron chi connectivity index (χ4n) is 3.36. The van der Waals surface area contributed by atoms with E-state index in [1.807, 2.05) is 31.2 Å². The summed E-state index contributed by atoms with van der Waals surface area (Å²) in [5.74, 6) is 0.202. The summed E-state index contributed by atoms with van der Waals surface area (Å²) in [5.41, 5.74) is 5.12. The number of carbonyl (C=O) groups is 1. The van der Waals surface area contributed by atoms with Crippen molar-refractivity contribution in [1.29, 1.82) is 0 Å². The zero-order valence-electron chi connectivity index (χ0n) is 17.2. The van der Waals surface area contributed by atoms with Gasteiger partial charge in [-0.3, -0.25) is 19.7 Å². The molecule has 0 spiro atoms. The van der Waals surface area contributed by atoms with E-state index in [9.17, 15) is 4.79 Å². The van der Waals surface area contributed by atoms with Gasteiger partial charge in [0.25, 0.3) is 0 Å². The number of carbonyl (C=O) groups excluding carboxylic acids is 1. The summed E-state index contributed by atoms with van der Waals surface area (Å²) in [4.78, 5) is 33.9. The Bertz CT molecular complexity index is 1400. The second kappa shape index (κ2) is 8.31. The fraction of sp³-hybridized carbons (Fsp3) is 0.0870. The highest BCUT2D eigenvalue weighted by Gasteiger charge is 2.11. The molecule has 0 radical (unpaired) electrons. The minimum absolute atomic E-state index is 0.0256. The molecule has 0 saturated carbocycles. The average molecular weight is 422 g/mol. The van der Waals surface area contributed by atoms with Gasteiger partial charge in [-0.1, -0.05) is 0 Å². The van der Waals surface area contributed by atoms with Crippen LogP contribution >= 0.6 is 0 Å². The smallest absolute Gasteiger partial charge is 0.247 e. The molecule has 32 heavy (non-hydrogen) atoms. The minimum atomic E-state index is -0.245. The van der Waals surface area contributed by atoms with Crippen molar-refractivity contribution < 1.29 is 4.79 Å². The SMILES string of the molecule is Cc1cc(-c2cnc3c(cnn3CC(=O)Nc3ccc(-c4cnccn4)cn3)c2)ccn1. The van der Waals surface area contributed by atoms with Gasteiger partial charge in [0, 0.05) is 53.2 Å². The van der Waals surface area contributed by atoms with Crippen LogP contribution in [0.15, 0.2) is 73.7 Å². The molecule has 5 heterocycles. The number of nitrogens with one attached hydrogen (secondary N) is 1. The van der Waals surface area contributed by atoms with Crippen LogP contribution in [0.4, 0.5) is 5.82 Å². The van der Waals surface area contributed by atoms with E-state index in [1.165, 1.54) is 0 Å². The zero-order chi connectivity index (χ0) is 21.9. The van der Waals surface area contributed by atoms with Crippen molar-refractivity contribution in [2.24, 2.45) is 0 Å². The van der Waals surface area contributed by atoms with Crippen LogP contribution in [-0.2, 0) is 11.3 Å². The minimum Gasteiger partial charge on any atom is -0.309 e. The third kappa shape index (κ3) is 4.04. The molecular formula is C23H18N8O. The Labute approximate surface area is 183 Å². The molecule has 0 bridgehead atoms. The Morgan fingerprint density at radius 1 is 0.875 bits per heavy atom. The molecule has 0 fully saturated rings. The molecule has 5 rings (SSSR count). The number of anilines is 1. The van der Waals surface area contributed by atoms with E-state index in [0.717, 1.165) is 27.8 Å². The van der Waals surface area contributed by atoms with Crippen molar-refractivity contribution in [3.05, 3.63) is 79.4 Å². The van der Waals surface area contributed by atoms with Gasteiger partial charge in [0.15, 0.2) is 5.65 Å². The summed E-state index contributed by atoms with van der Waals surface area (Å²) < 4.78 is 1.57. The maximum Gasteiger partial charge on any atom is 0.247 e. The predicted molar refractivity (Wildman–Crippen MR) is 119 cm³/mol. The molecule has 0 aromatic carbocycles. The normalized spacial score (nSPS) is 10.9. The van der Waals surface area contributed by atoms with Crippen LogP contribution < -0.4 is 5.32 Å². The van der Waals surface area contributed by atoms with E-state index in [2.05, 4.69) is 35.3 Å². The number of pyridine rings is 3. The Morgan fingerprint density at radius 2 is 1.78 bits per heavy atom. The van der Waals surface area contributed by atoms with E-state index in [4.69, 9.17) is 0 Å². The Balaban J connectivity index is 1.29. The number of aryl methyl sites for hydroxylation is 1. The van der Waals surface area contributed by atoms with Crippen LogP contribution in [0, 0.1) is 6.92 Å². The zero-order valence-corrected chi connectivity index (χ0v) is 17.2. The summed E-state index contributed by atoms with van der Waals surface area (Å²) in [6, 6.07) is 9.51. The van der Waals surface area contributed by atoms with Crippen molar-refractivity contribution in [3.8, 4) is 22.4 Å². The molecule has 0 saturated heterocycles.